The van der Waals surface area contributed by atoms with E-state index in [2.05, 4.69) is 33.0 Å². The van der Waals surface area contributed by atoms with Crippen LogP contribution >= 0.6 is 0 Å². The molecule has 13 heavy (non-hydrogen) atoms. The van der Waals surface area contributed by atoms with E-state index in [0.717, 1.165) is 13.0 Å². The van der Waals surface area contributed by atoms with E-state index in [0.29, 0.717) is 18.4 Å². The summed E-state index contributed by atoms with van der Waals surface area (Å²) in [5.74, 6) is 1.000. The molecule has 2 nitrogen and oxygen atoms in total. The van der Waals surface area contributed by atoms with E-state index in [4.69, 9.17) is 0 Å². The highest BCUT2D eigenvalue weighted by molar-refractivity contribution is 4.80. The van der Waals surface area contributed by atoms with Crippen molar-refractivity contribution in [2.24, 2.45) is 11.8 Å². The van der Waals surface area contributed by atoms with Gasteiger partial charge >= 0.3 is 0 Å². The lowest BCUT2D eigenvalue weighted by atomic mass is 9.88. The summed E-state index contributed by atoms with van der Waals surface area (Å²) in [5, 5.41) is 13.3. The topological polar surface area (TPSA) is 32.3 Å². The highest BCUT2D eigenvalue weighted by Crippen LogP contribution is 2.18. The lowest BCUT2D eigenvalue weighted by molar-refractivity contribution is 0.00525. The zero-order chi connectivity index (χ0) is 10.5. The van der Waals surface area contributed by atoms with E-state index in [9.17, 15) is 5.11 Å². The SMILES string of the molecule is CCC(C)C(C)(O)CNCC(C)C. The van der Waals surface area contributed by atoms with Crippen LogP contribution < -0.4 is 5.32 Å². The van der Waals surface area contributed by atoms with Gasteiger partial charge in [0.15, 0.2) is 0 Å². The van der Waals surface area contributed by atoms with Crippen molar-refractivity contribution in [2.75, 3.05) is 13.1 Å². The Hall–Kier alpha value is -0.0800. The molecule has 0 aliphatic carbocycles. The molecule has 2 N–H and O–H groups in total. The third-order valence-electron chi connectivity index (χ3n) is 2.71. The second kappa shape index (κ2) is 5.61. The molecule has 0 aromatic carbocycles. The van der Waals surface area contributed by atoms with Crippen LogP contribution in [0, 0.1) is 11.8 Å². The first-order valence-electron chi connectivity index (χ1n) is 5.33. The van der Waals surface area contributed by atoms with Gasteiger partial charge in [0.2, 0.25) is 0 Å². The number of aliphatic hydroxyl groups is 1. The summed E-state index contributed by atoms with van der Waals surface area (Å²) in [7, 11) is 0. The minimum atomic E-state index is -0.566. The molecule has 0 heterocycles. The molecule has 0 aliphatic rings. The standard InChI is InChI=1S/C11H25NO/c1-6-10(4)11(5,13)8-12-7-9(2)3/h9-10,12-13H,6-8H2,1-5H3. The number of rotatable bonds is 6. The van der Waals surface area contributed by atoms with Gasteiger partial charge in [-0.05, 0) is 25.3 Å². The zero-order valence-electron chi connectivity index (χ0n) is 9.72. The molecule has 0 bridgehead atoms. The number of hydrogen-bond acceptors (Lipinski definition) is 2. The van der Waals surface area contributed by atoms with E-state index in [-0.39, 0.29) is 0 Å². The van der Waals surface area contributed by atoms with Crippen molar-refractivity contribution in [1.29, 1.82) is 0 Å². The first kappa shape index (κ1) is 12.9. The zero-order valence-corrected chi connectivity index (χ0v) is 9.72. The third kappa shape index (κ3) is 5.27. The maximum atomic E-state index is 10.0. The van der Waals surface area contributed by atoms with Gasteiger partial charge < -0.3 is 10.4 Å². The molecule has 0 saturated heterocycles. The molecule has 0 aromatic heterocycles. The minimum Gasteiger partial charge on any atom is -0.389 e. The van der Waals surface area contributed by atoms with Crippen molar-refractivity contribution >= 4 is 0 Å². The summed E-state index contributed by atoms with van der Waals surface area (Å²) in [4.78, 5) is 0. The van der Waals surface area contributed by atoms with Crippen molar-refractivity contribution in [1.82, 2.24) is 5.32 Å². The van der Waals surface area contributed by atoms with Crippen molar-refractivity contribution in [3.8, 4) is 0 Å². The molecule has 0 radical (unpaired) electrons. The van der Waals surface area contributed by atoms with Crippen molar-refractivity contribution in [2.45, 2.75) is 46.6 Å². The van der Waals surface area contributed by atoms with E-state index >= 15 is 0 Å². The summed E-state index contributed by atoms with van der Waals surface area (Å²) < 4.78 is 0. The van der Waals surface area contributed by atoms with Crippen LogP contribution in [0.4, 0.5) is 0 Å². The van der Waals surface area contributed by atoms with E-state index in [1.807, 2.05) is 6.92 Å². The maximum absolute atomic E-state index is 10.0. The molecular weight excluding hydrogens is 162 g/mol. The van der Waals surface area contributed by atoms with Gasteiger partial charge in [0.1, 0.15) is 0 Å². The van der Waals surface area contributed by atoms with Gasteiger partial charge in [-0.1, -0.05) is 34.1 Å². The Kier molecular flexibility index (Phi) is 5.57. The quantitative estimate of drug-likeness (QED) is 0.667. The van der Waals surface area contributed by atoms with Crippen LogP contribution in [0.15, 0.2) is 0 Å². The van der Waals surface area contributed by atoms with E-state index in [1.165, 1.54) is 0 Å². The van der Waals surface area contributed by atoms with E-state index < -0.39 is 5.60 Å². The van der Waals surface area contributed by atoms with Gasteiger partial charge in [-0.3, -0.25) is 0 Å². The largest absolute Gasteiger partial charge is 0.389 e. The van der Waals surface area contributed by atoms with Crippen molar-refractivity contribution in [3.63, 3.8) is 0 Å². The van der Waals surface area contributed by atoms with Crippen LogP contribution in [0.3, 0.4) is 0 Å². The minimum absolute atomic E-state index is 0.354. The van der Waals surface area contributed by atoms with Gasteiger partial charge in [-0.25, -0.2) is 0 Å². The molecule has 0 saturated carbocycles. The van der Waals surface area contributed by atoms with Crippen molar-refractivity contribution < 1.29 is 5.11 Å². The molecule has 2 atom stereocenters. The molecule has 0 rings (SSSR count). The van der Waals surface area contributed by atoms with Crippen molar-refractivity contribution in [3.05, 3.63) is 0 Å². The van der Waals surface area contributed by atoms with Crippen LogP contribution in [0.2, 0.25) is 0 Å². The summed E-state index contributed by atoms with van der Waals surface area (Å²) in [5.41, 5.74) is -0.566. The fourth-order valence-corrected chi connectivity index (χ4v) is 1.23. The van der Waals surface area contributed by atoms with Crippen LogP contribution in [0.5, 0.6) is 0 Å². The molecule has 0 amide bonds. The molecule has 80 valence electrons. The fourth-order valence-electron chi connectivity index (χ4n) is 1.23. The monoisotopic (exact) mass is 187 g/mol. The Balaban J connectivity index is 3.75. The molecule has 0 aliphatic heterocycles. The van der Waals surface area contributed by atoms with Gasteiger partial charge in [-0.15, -0.1) is 0 Å². The van der Waals surface area contributed by atoms with Crippen LogP contribution in [-0.4, -0.2) is 23.8 Å². The van der Waals surface area contributed by atoms with Crippen LogP contribution in [-0.2, 0) is 0 Å². The molecular formula is C11H25NO. The van der Waals surface area contributed by atoms with Gasteiger partial charge in [0.05, 0.1) is 5.60 Å². The first-order chi connectivity index (χ1) is 5.90. The normalized spacial score (nSPS) is 18.7. The highest BCUT2D eigenvalue weighted by atomic mass is 16.3. The Morgan fingerprint density at radius 1 is 1.31 bits per heavy atom. The summed E-state index contributed by atoms with van der Waals surface area (Å²) >= 11 is 0. The lowest BCUT2D eigenvalue weighted by Gasteiger charge is -2.30. The van der Waals surface area contributed by atoms with Crippen LogP contribution in [0.1, 0.15) is 41.0 Å². The predicted octanol–water partition coefficient (Wildman–Crippen LogP) is 2.03. The number of nitrogens with one attached hydrogen (secondary N) is 1. The summed E-state index contributed by atoms with van der Waals surface area (Å²) in [6.45, 7) is 12.1. The third-order valence-corrected chi connectivity index (χ3v) is 2.71. The van der Waals surface area contributed by atoms with Crippen LogP contribution in [0.25, 0.3) is 0 Å². The second-order valence-corrected chi connectivity index (χ2v) is 4.69. The Bertz CT molecular complexity index is 132. The summed E-state index contributed by atoms with van der Waals surface area (Å²) in [6, 6.07) is 0. The Morgan fingerprint density at radius 3 is 2.23 bits per heavy atom. The fraction of sp³-hybridized carbons (Fsp3) is 1.00. The molecule has 0 spiro atoms. The molecule has 0 aromatic rings. The smallest absolute Gasteiger partial charge is 0.0768 e. The Labute approximate surface area is 82.7 Å². The highest BCUT2D eigenvalue weighted by Gasteiger charge is 2.26. The maximum Gasteiger partial charge on any atom is 0.0768 e. The van der Waals surface area contributed by atoms with E-state index in [1.54, 1.807) is 0 Å². The molecule has 2 unspecified atom stereocenters. The van der Waals surface area contributed by atoms with Gasteiger partial charge in [-0.2, -0.15) is 0 Å². The van der Waals surface area contributed by atoms with Gasteiger partial charge in [0, 0.05) is 6.54 Å². The first-order valence-corrected chi connectivity index (χ1v) is 5.33. The second-order valence-electron chi connectivity index (χ2n) is 4.69. The Morgan fingerprint density at radius 2 is 1.85 bits per heavy atom. The summed E-state index contributed by atoms with van der Waals surface area (Å²) in [6.07, 6.45) is 1.02. The lowest BCUT2D eigenvalue weighted by Crippen LogP contribution is -2.43. The number of hydrogen-bond donors (Lipinski definition) is 2. The molecule has 2 heteroatoms. The average Bonchev–Trinajstić information content (AvgIpc) is 2.01. The van der Waals surface area contributed by atoms with Gasteiger partial charge in [0.25, 0.3) is 0 Å². The average molecular weight is 187 g/mol. The predicted molar refractivity (Wildman–Crippen MR) is 57.8 cm³/mol. The molecule has 0 fully saturated rings.